The van der Waals surface area contributed by atoms with E-state index in [0.29, 0.717) is 44.3 Å². The lowest BCUT2D eigenvalue weighted by molar-refractivity contribution is -0.140. The number of carbonyl (C=O) groups is 5. The maximum Gasteiger partial charge on any atom is 0.407 e. The SMILES string of the molecule is C/C=C/c1ccc(OCCCCC)c(OC)c1.C=C(C)c1cccc(C(C)(C)NC(=O)OCC(CCCCCCCCCC)CCCCCCCCCCCC)c1.C=COC(=O)CCCCC(=O)OC=C.C=COCCCCOC(=O)NC(C)(C)c1cccc(C(=C)C)c1.C=Cc1ccc(OC(C)(C)C)cc1.C=Cc1ccc(OC(C)=O)cc1. The molecule has 660 valence electrons. The standard InChI is InChI=1S/C37H65NO2.C19H27NO3.C15H22O2.C12H16O.C10H14O4.C10H10O2/c1-7-9-11-13-15-17-18-20-22-24-27-33(26-23-21-19-16-14-12-10-8-2)31-40-36(39)38-37(5,6)35-29-25-28-34(30-35)32(3)4;1-6-22-12-7-8-13-23-18(21)20-19(4,5)17-11-9-10-16(14-17)15(2)3;1-4-6-7-11-17-14-10-9-13(8-5-2)12-15(14)16-3;1-5-10-6-8-11(9-7-10)13-12(2,3)4;1-3-13-9(11)7-5-6-8-10(12)14-4-2;1-3-9-4-6-10(7-5-9)12-8(2)11/h25,28-30,33H,3,7-24,26-27,31H2,1-2,4-6H3,(H,38,39);6,9-11,14H,1-2,7-8,12-13H2,3-5H3,(H,20,21);5,8-10,12H,4,6-7,11H2,1-3H3;5-9H,1H2,2-4H3;3-4H,1-2,5-8H2;3-7H,1H2,2H3/b;;8-5+;;;. The van der Waals surface area contributed by atoms with Crippen LogP contribution in [0.15, 0.2) is 186 Å². The summed E-state index contributed by atoms with van der Waals surface area (Å²) in [6.45, 7) is 55.7. The van der Waals surface area contributed by atoms with Crippen molar-refractivity contribution in [2.45, 2.75) is 300 Å². The van der Waals surface area contributed by atoms with Gasteiger partial charge in [0.2, 0.25) is 0 Å². The quantitative estimate of drug-likeness (QED) is 0.0123. The van der Waals surface area contributed by atoms with Crippen LogP contribution < -0.4 is 29.6 Å². The van der Waals surface area contributed by atoms with Crippen molar-refractivity contribution in [1.29, 1.82) is 0 Å². The summed E-state index contributed by atoms with van der Waals surface area (Å²) in [5.41, 5.74) is 8.34. The molecule has 0 saturated carbocycles. The van der Waals surface area contributed by atoms with E-state index in [1.165, 1.54) is 154 Å². The predicted molar refractivity (Wildman–Crippen MR) is 498 cm³/mol. The van der Waals surface area contributed by atoms with Gasteiger partial charge in [-0.2, -0.15) is 0 Å². The molecule has 0 radical (unpaired) electrons. The number of ether oxygens (including phenoxy) is 9. The van der Waals surface area contributed by atoms with Crippen molar-refractivity contribution in [2.24, 2.45) is 5.92 Å². The molecule has 1 atom stereocenters. The summed E-state index contributed by atoms with van der Waals surface area (Å²) in [5.74, 6) is 2.59. The van der Waals surface area contributed by atoms with Gasteiger partial charge in [-0.25, -0.2) is 9.59 Å². The molecule has 0 aromatic heterocycles. The number of carbonyl (C=O) groups excluding carboxylic acids is 5. The predicted octanol–water partition coefficient (Wildman–Crippen LogP) is 28.7. The molecule has 0 bridgehead atoms. The highest BCUT2D eigenvalue weighted by Crippen LogP contribution is 2.31. The Bertz CT molecular complexity index is 3650. The fourth-order valence-corrected chi connectivity index (χ4v) is 11.9. The van der Waals surface area contributed by atoms with E-state index in [0.717, 1.165) is 106 Å². The van der Waals surface area contributed by atoms with Crippen molar-refractivity contribution in [1.82, 2.24) is 10.6 Å². The van der Waals surface area contributed by atoms with Gasteiger partial charge in [0.15, 0.2) is 11.5 Å². The topological polar surface area (TPSA) is 192 Å². The van der Waals surface area contributed by atoms with Crippen molar-refractivity contribution in [3.05, 3.63) is 225 Å². The van der Waals surface area contributed by atoms with E-state index in [4.69, 9.17) is 33.2 Å². The summed E-state index contributed by atoms with van der Waals surface area (Å²) in [7, 11) is 1.67. The Morgan fingerprint density at radius 2 is 0.857 bits per heavy atom. The fraction of sp³-hybridized carbons (Fsp3) is 0.505. The van der Waals surface area contributed by atoms with Crippen molar-refractivity contribution < 1.29 is 66.6 Å². The van der Waals surface area contributed by atoms with E-state index in [9.17, 15) is 24.0 Å². The number of alkyl carbamates (subject to hydrolysis) is 2. The summed E-state index contributed by atoms with van der Waals surface area (Å²) in [6, 6.07) is 37.3. The van der Waals surface area contributed by atoms with Crippen LogP contribution in [-0.2, 0) is 49.1 Å². The highest BCUT2D eigenvalue weighted by atomic mass is 16.6. The van der Waals surface area contributed by atoms with Gasteiger partial charge in [0, 0.05) is 19.8 Å². The lowest BCUT2D eigenvalue weighted by Crippen LogP contribution is -2.41. The smallest absolute Gasteiger partial charge is 0.407 e. The first kappa shape index (κ1) is 109. The number of amides is 2. The first-order chi connectivity index (χ1) is 56.9. The van der Waals surface area contributed by atoms with Crippen LogP contribution in [0.5, 0.6) is 23.0 Å². The minimum atomic E-state index is -0.519. The van der Waals surface area contributed by atoms with E-state index in [1.54, 1.807) is 25.3 Å². The molecular weight excluding hydrogens is 1490 g/mol. The molecule has 1 unspecified atom stereocenters. The Hall–Kier alpha value is -9.83. The van der Waals surface area contributed by atoms with E-state index in [1.807, 2.05) is 172 Å². The second kappa shape index (κ2) is 68.0. The number of esters is 3. The molecule has 0 aliphatic heterocycles. The molecule has 0 aliphatic rings. The van der Waals surface area contributed by atoms with E-state index in [-0.39, 0.29) is 42.4 Å². The van der Waals surface area contributed by atoms with Crippen molar-refractivity contribution in [3.8, 4) is 23.0 Å². The second-order valence-corrected chi connectivity index (χ2v) is 31.6. The normalized spacial score (nSPS) is 10.9. The molecule has 5 aromatic carbocycles. The molecule has 0 aliphatic carbocycles. The number of benzene rings is 5. The first-order valence-electron chi connectivity index (χ1n) is 43.4. The van der Waals surface area contributed by atoms with Crippen LogP contribution in [-0.4, -0.2) is 69.2 Å². The summed E-state index contributed by atoms with van der Waals surface area (Å²) in [6.07, 6.45) is 44.0. The second-order valence-electron chi connectivity index (χ2n) is 31.6. The van der Waals surface area contributed by atoms with Crippen LogP contribution in [0.2, 0.25) is 0 Å². The minimum absolute atomic E-state index is 0.129. The maximum atomic E-state index is 12.8. The Kier molecular flexibility index (Phi) is 62.4. The summed E-state index contributed by atoms with van der Waals surface area (Å²) >= 11 is 0. The Labute approximate surface area is 720 Å². The molecule has 16 nitrogen and oxygen atoms in total. The molecule has 2 N–H and O–H groups in total. The fourth-order valence-electron chi connectivity index (χ4n) is 11.9. The van der Waals surface area contributed by atoms with Crippen molar-refractivity contribution in [3.63, 3.8) is 0 Å². The number of rotatable bonds is 52. The van der Waals surface area contributed by atoms with Gasteiger partial charge in [0.25, 0.3) is 0 Å². The van der Waals surface area contributed by atoms with Gasteiger partial charge in [-0.05, 0) is 208 Å². The maximum absolute atomic E-state index is 12.8. The zero-order valence-corrected chi connectivity index (χ0v) is 76.1. The average molecular weight is 1640 g/mol. The van der Waals surface area contributed by atoms with Crippen LogP contribution >= 0.6 is 0 Å². The molecule has 0 fully saturated rings. The molecule has 16 heteroatoms. The highest BCUT2D eigenvalue weighted by Gasteiger charge is 2.26. The molecule has 0 saturated heterocycles. The number of methoxy groups -OCH3 is 1. The number of nitrogens with one attached hydrogen (secondary N) is 2. The van der Waals surface area contributed by atoms with Crippen LogP contribution in [0.25, 0.3) is 29.4 Å². The van der Waals surface area contributed by atoms with Crippen molar-refractivity contribution in [2.75, 3.05) is 33.5 Å². The van der Waals surface area contributed by atoms with Crippen LogP contribution in [0, 0.1) is 5.92 Å². The monoisotopic (exact) mass is 1640 g/mol. The highest BCUT2D eigenvalue weighted by molar-refractivity contribution is 5.72. The lowest BCUT2D eigenvalue weighted by atomic mass is 9.92. The third kappa shape index (κ3) is 57.9. The van der Waals surface area contributed by atoms with Crippen LogP contribution in [0.1, 0.15) is 322 Å². The van der Waals surface area contributed by atoms with E-state index < -0.39 is 17.2 Å². The van der Waals surface area contributed by atoms with Crippen LogP contribution in [0.4, 0.5) is 9.59 Å². The average Bonchev–Trinajstić information content (AvgIpc) is 0.832. The summed E-state index contributed by atoms with van der Waals surface area (Å²) in [4.78, 5) is 56.9. The molecule has 2 amide bonds. The minimum Gasteiger partial charge on any atom is -0.502 e. The number of unbranched alkanes of at least 4 members (excludes halogenated alkanes) is 20. The third-order valence-electron chi connectivity index (χ3n) is 18.8. The largest absolute Gasteiger partial charge is 0.502 e. The lowest BCUT2D eigenvalue weighted by Gasteiger charge is -2.27. The molecule has 119 heavy (non-hydrogen) atoms. The van der Waals surface area contributed by atoms with E-state index in [2.05, 4.69) is 105 Å². The summed E-state index contributed by atoms with van der Waals surface area (Å²) in [5, 5.41) is 6.02. The van der Waals surface area contributed by atoms with Gasteiger partial charge >= 0.3 is 30.1 Å². The molecule has 5 aromatic rings. The zero-order valence-electron chi connectivity index (χ0n) is 76.1. The Balaban J connectivity index is 0.00000150. The summed E-state index contributed by atoms with van der Waals surface area (Å²) < 4.78 is 46.6. The third-order valence-corrected chi connectivity index (χ3v) is 18.8. The van der Waals surface area contributed by atoms with Gasteiger partial charge in [0.05, 0.1) is 63.4 Å². The van der Waals surface area contributed by atoms with E-state index >= 15 is 0 Å². The van der Waals surface area contributed by atoms with Crippen molar-refractivity contribution >= 4 is 59.5 Å². The number of allylic oxidation sites excluding steroid dienone is 3. The number of hydrogen-bond acceptors (Lipinski definition) is 14. The molecule has 0 heterocycles. The zero-order chi connectivity index (χ0) is 89.0. The number of hydrogen-bond donors (Lipinski definition) is 2. The van der Waals surface area contributed by atoms with Gasteiger partial charge in [0.1, 0.15) is 17.1 Å². The first-order valence-corrected chi connectivity index (χ1v) is 43.4. The van der Waals surface area contributed by atoms with Gasteiger partial charge in [-0.1, -0.05) is 297 Å². The molecule has 0 spiro atoms. The van der Waals surface area contributed by atoms with Gasteiger partial charge < -0.3 is 53.3 Å². The Morgan fingerprint density at radius 3 is 1.26 bits per heavy atom. The van der Waals surface area contributed by atoms with Gasteiger partial charge in [-0.15, -0.1) is 0 Å². The van der Waals surface area contributed by atoms with Gasteiger partial charge in [-0.3, -0.25) is 14.4 Å². The molecular formula is C103H154N2O14. The van der Waals surface area contributed by atoms with Crippen LogP contribution in [0.3, 0.4) is 0 Å². The Morgan fingerprint density at radius 1 is 0.445 bits per heavy atom. The molecule has 5 rings (SSSR count).